The Balaban J connectivity index is 3.01. The molecule has 0 saturated heterocycles. The van der Waals surface area contributed by atoms with Crippen molar-refractivity contribution >= 4 is 48.6 Å². The van der Waals surface area contributed by atoms with E-state index in [1.54, 1.807) is 18.0 Å². The maximum Gasteiger partial charge on any atom is 0.341 e. The molecular weight excluding hydrogens is 494 g/mol. The topological polar surface area (TPSA) is 172 Å². The van der Waals surface area contributed by atoms with E-state index in [9.17, 15) is 19.2 Å². The Labute approximate surface area is 223 Å². The minimum absolute atomic E-state index is 0.141. The van der Waals surface area contributed by atoms with Crippen LogP contribution in [0.5, 0.6) is 0 Å². The molecule has 37 heavy (non-hydrogen) atoms. The van der Waals surface area contributed by atoms with Gasteiger partial charge in [0.1, 0.15) is 0 Å². The van der Waals surface area contributed by atoms with Crippen LogP contribution in [0.25, 0.3) is 0 Å². The third-order valence-electron chi connectivity index (χ3n) is 5.91. The summed E-state index contributed by atoms with van der Waals surface area (Å²) in [5.74, 6) is -1.37. The van der Waals surface area contributed by atoms with Crippen molar-refractivity contribution < 1.29 is 19.2 Å². The van der Waals surface area contributed by atoms with Crippen molar-refractivity contribution in [3.8, 4) is 0 Å². The number of rotatable bonds is 21. The van der Waals surface area contributed by atoms with Gasteiger partial charge in [0.25, 0.3) is 0 Å². The monoisotopic (exact) mass is 534 g/mol. The first-order valence-corrected chi connectivity index (χ1v) is 13.8. The molecule has 1 aromatic heterocycles. The highest BCUT2D eigenvalue weighted by atomic mass is 32.2. The second kappa shape index (κ2) is 18.3. The Hall–Kier alpha value is -2.95. The van der Waals surface area contributed by atoms with Gasteiger partial charge in [0.15, 0.2) is 11.6 Å². The fourth-order valence-corrected chi connectivity index (χ4v) is 4.21. The maximum absolute atomic E-state index is 13.4. The number of carbonyl (C=O) groups is 4. The first-order chi connectivity index (χ1) is 17.7. The molecule has 2 amide bonds. The van der Waals surface area contributed by atoms with Gasteiger partial charge in [-0.2, -0.15) is 11.8 Å². The van der Waals surface area contributed by atoms with Gasteiger partial charge in [0.05, 0.1) is 36.9 Å². The standard InChI is InChI=1S/C25H39N7O4S/c1-17(33)21(9-12-37-4)31-24(35)18(13-19-15-29-16-30-19)14-23(34)22(8-6-11-28-3)32-25(36)20(26)7-5-10-27-2/h3,15-16,18,20-22H,2,5-14,26H2,1,4H3,(H2-,29,30,31,32,35,36)/p+1. The SMILES string of the molecule is [CH+]=NCCCC(NC(=O)C(N)CCCN=C)C(=O)CC(Cc1cnc[nH]1)C(=O)NC(CCSC)C(C)=O. The zero-order chi connectivity index (χ0) is 27.6. The van der Waals surface area contributed by atoms with E-state index in [0.29, 0.717) is 56.6 Å². The normalized spacial score (nSPS) is 14.1. The number of nitrogens with two attached hydrogens (primary N) is 1. The molecule has 1 rings (SSSR count). The van der Waals surface area contributed by atoms with Crippen molar-refractivity contribution in [1.82, 2.24) is 20.6 Å². The summed E-state index contributed by atoms with van der Waals surface area (Å²) in [5, 5.41) is 5.55. The molecule has 12 heteroatoms. The number of ketones is 2. The Morgan fingerprint density at radius 1 is 1.14 bits per heavy atom. The van der Waals surface area contributed by atoms with E-state index in [1.807, 2.05) is 6.26 Å². The predicted molar refractivity (Wildman–Crippen MR) is 147 cm³/mol. The number of aromatic amines is 1. The van der Waals surface area contributed by atoms with Gasteiger partial charge >= 0.3 is 6.72 Å². The molecule has 4 atom stereocenters. The molecule has 0 aromatic carbocycles. The zero-order valence-electron chi connectivity index (χ0n) is 21.8. The first kappa shape index (κ1) is 32.1. The molecule has 0 aliphatic rings. The lowest BCUT2D eigenvalue weighted by molar-refractivity contribution is -0.133. The number of H-pyrrole nitrogens is 1. The summed E-state index contributed by atoms with van der Waals surface area (Å²) in [6.07, 6.45) is 7.35. The molecule has 0 bridgehead atoms. The summed E-state index contributed by atoms with van der Waals surface area (Å²) in [4.78, 5) is 65.6. The van der Waals surface area contributed by atoms with Gasteiger partial charge in [-0.15, -0.1) is 0 Å². The zero-order valence-corrected chi connectivity index (χ0v) is 22.6. The molecule has 5 N–H and O–H groups in total. The molecule has 4 unspecified atom stereocenters. The van der Waals surface area contributed by atoms with Crippen LogP contribution in [-0.4, -0.2) is 90.0 Å². The predicted octanol–water partition coefficient (Wildman–Crippen LogP) is 1.01. The summed E-state index contributed by atoms with van der Waals surface area (Å²) in [6, 6.07) is -2.29. The molecular formula is C25H40N7O4S+. The van der Waals surface area contributed by atoms with Crippen LogP contribution in [0.1, 0.15) is 51.1 Å². The average Bonchev–Trinajstić information content (AvgIpc) is 3.38. The lowest BCUT2D eigenvalue weighted by Crippen LogP contribution is -2.50. The van der Waals surface area contributed by atoms with Crippen LogP contribution in [0.3, 0.4) is 0 Å². The number of imidazole rings is 1. The maximum atomic E-state index is 13.4. The number of carbonyl (C=O) groups excluding carboxylic acids is 4. The summed E-state index contributed by atoms with van der Waals surface area (Å²) in [6.45, 7) is 10.9. The molecule has 0 aliphatic heterocycles. The summed E-state index contributed by atoms with van der Waals surface area (Å²) in [5.41, 5.74) is 6.67. The smallest absolute Gasteiger partial charge is 0.341 e. The van der Waals surface area contributed by atoms with Crippen LogP contribution in [0.2, 0.25) is 0 Å². The van der Waals surface area contributed by atoms with Gasteiger partial charge in [0, 0.05) is 31.3 Å². The van der Waals surface area contributed by atoms with Crippen molar-refractivity contribution in [2.45, 2.75) is 70.0 Å². The Kier molecular flexibility index (Phi) is 15.9. The molecule has 204 valence electrons. The Bertz CT molecular complexity index is 878. The van der Waals surface area contributed by atoms with Gasteiger partial charge in [-0.3, -0.25) is 19.2 Å². The molecule has 0 radical (unpaired) electrons. The van der Waals surface area contributed by atoms with Gasteiger partial charge in [-0.1, -0.05) is 0 Å². The van der Waals surface area contributed by atoms with Crippen molar-refractivity contribution in [2.24, 2.45) is 21.6 Å². The Morgan fingerprint density at radius 2 is 1.84 bits per heavy atom. The second-order valence-electron chi connectivity index (χ2n) is 8.91. The number of amides is 2. The average molecular weight is 535 g/mol. The van der Waals surface area contributed by atoms with Crippen molar-refractivity contribution in [2.75, 3.05) is 25.1 Å². The van der Waals surface area contributed by atoms with Crippen LogP contribution in [0.15, 0.2) is 22.5 Å². The van der Waals surface area contributed by atoms with E-state index < -0.39 is 35.9 Å². The van der Waals surface area contributed by atoms with E-state index in [0.717, 1.165) is 0 Å². The van der Waals surface area contributed by atoms with Gasteiger partial charge in [-0.05, 0) is 62.7 Å². The number of hydrogen-bond donors (Lipinski definition) is 4. The van der Waals surface area contributed by atoms with E-state index in [2.05, 4.69) is 37.3 Å². The largest absolute Gasteiger partial charge is 0.348 e. The van der Waals surface area contributed by atoms with Crippen LogP contribution < -0.4 is 16.4 Å². The lowest BCUT2D eigenvalue weighted by Gasteiger charge is -2.24. The number of aliphatic imine (C=N–C) groups is 2. The third-order valence-corrected chi connectivity index (χ3v) is 6.55. The van der Waals surface area contributed by atoms with Crippen LogP contribution >= 0.6 is 11.8 Å². The van der Waals surface area contributed by atoms with Crippen molar-refractivity contribution in [3.63, 3.8) is 0 Å². The molecule has 1 aromatic rings. The summed E-state index contributed by atoms with van der Waals surface area (Å²) in [7, 11) is 0. The van der Waals surface area contributed by atoms with E-state index >= 15 is 0 Å². The van der Waals surface area contributed by atoms with Crippen LogP contribution in [-0.2, 0) is 25.6 Å². The number of aromatic nitrogens is 2. The molecule has 0 spiro atoms. The number of nitrogens with one attached hydrogen (secondary N) is 3. The molecule has 0 saturated carbocycles. The summed E-state index contributed by atoms with van der Waals surface area (Å²) >= 11 is 1.58. The highest BCUT2D eigenvalue weighted by molar-refractivity contribution is 7.98. The van der Waals surface area contributed by atoms with Gasteiger partial charge in [0.2, 0.25) is 11.8 Å². The van der Waals surface area contributed by atoms with Crippen LogP contribution in [0, 0.1) is 5.92 Å². The first-order valence-electron chi connectivity index (χ1n) is 12.4. The molecule has 1 heterocycles. The number of Topliss-reactive ketones (excluding diaryl/α,β-unsaturated/α-hetero) is 2. The Morgan fingerprint density at radius 3 is 2.43 bits per heavy atom. The quantitative estimate of drug-likeness (QED) is 0.103. The van der Waals surface area contributed by atoms with Gasteiger partial charge in [-0.25, -0.2) is 4.98 Å². The minimum atomic E-state index is -0.852. The molecule has 0 fully saturated rings. The van der Waals surface area contributed by atoms with E-state index in [1.165, 1.54) is 13.3 Å². The minimum Gasteiger partial charge on any atom is -0.348 e. The third kappa shape index (κ3) is 12.7. The number of hydrogen-bond acceptors (Lipinski definition) is 9. The van der Waals surface area contributed by atoms with E-state index in [-0.39, 0.29) is 24.4 Å². The molecule has 11 nitrogen and oxygen atoms in total. The van der Waals surface area contributed by atoms with Crippen molar-refractivity contribution in [3.05, 3.63) is 18.2 Å². The fourth-order valence-electron chi connectivity index (χ4n) is 3.74. The van der Waals surface area contributed by atoms with E-state index in [4.69, 9.17) is 12.5 Å². The molecule has 0 aliphatic carbocycles. The highest BCUT2D eigenvalue weighted by Gasteiger charge is 2.30. The fraction of sp³-hybridized carbons (Fsp3) is 0.640. The number of thioether (sulfide) groups is 1. The van der Waals surface area contributed by atoms with Crippen LogP contribution in [0.4, 0.5) is 0 Å². The lowest BCUT2D eigenvalue weighted by atomic mass is 9.91. The summed E-state index contributed by atoms with van der Waals surface area (Å²) < 4.78 is 0. The van der Waals surface area contributed by atoms with Gasteiger partial charge < -0.3 is 26.3 Å². The highest BCUT2D eigenvalue weighted by Crippen LogP contribution is 2.16. The number of nitrogens with zero attached hydrogens (tertiary/aromatic N) is 3. The second-order valence-corrected chi connectivity index (χ2v) is 9.89. The van der Waals surface area contributed by atoms with Crippen molar-refractivity contribution in [1.29, 1.82) is 0 Å².